The molecule has 0 aliphatic heterocycles. The SMILES string of the molecule is CCC(CC)(NC(C)(C)C)C(=O)C(C)(C)C. The van der Waals surface area contributed by atoms with E-state index in [0.717, 1.165) is 12.8 Å². The van der Waals surface area contributed by atoms with Crippen LogP contribution >= 0.6 is 0 Å². The summed E-state index contributed by atoms with van der Waals surface area (Å²) in [4.78, 5) is 12.6. The molecular weight excluding hydrogens is 198 g/mol. The summed E-state index contributed by atoms with van der Waals surface area (Å²) in [7, 11) is 0. The van der Waals surface area contributed by atoms with Crippen LogP contribution in [0.4, 0.5) is 0 Å². The smallest absolute Gasteiger partial charge is 0.158 e. The molecule has 96 valence electrons. The van der Waals surface area contributed by atoms with Crippen molar-refractivity contribution in [1.29, 1.82) is 0 Å². The quantitative estimate of drug-likeness (QED) is 0.796. The number of hydrogen-bond donors (Lipinski definition) is 1. The van der Waals surface area contributed by atoms with Gasteiger partial charge in [0.15, 0.2) is 5.78 Å². The normalized spacial score (nSPS) is 14.0. The van der Waals surface area contributed by atoms with Crippen LogP contribution in [0.3, 0.4) is 0 Å². The largest absolute Gasteiger partial charge is 0.300 e. The van der Waals surface area contributed by atoms with E-state index in [2.05, 4.69) is 39.9 Å². The lowest BCUT2D eigenvalue weighted by Crippen LogP contribution is -2.61. The Kier molecular flexibility index (Phi) is 4.75. The Labute approximate surface area is 101 Å². The van der Waals surface area contributed by atoms with E-state index in [4.69, 9.17) is 0 Å². The Morgan fingerprint density at radius 2 is 1.31 bits per heavy atom. The van der Waals surface area contributed by atoms with Crippen LogP contribution < -0.4 is 5.32 Å². The molecule has 0 heterocycles. The van der Waals surface area contributed by atoms with Gasteiger partial charge in [0.05, 0.1) is 5.54 Å². The highest BCUT2D eigenvalue weighted by molar-refractivity contribution is 5.92. The van der Waals surface area contributed by atoms with Crippen LogP contribution in [0.25, 0.3) is 0 Å². The first kappa shape index (κ1) is 15.6. The molecule has 2 heteroatoms. The maximum atomic E-state index is 12.6. The monoisotopic (exact) mass is 227 g/mol. The zero-order chi connectivity index (χ0) is 13.2. The first-order valence-corrected chi connectivity index (χ1v) is 6.33. The summed E-state index contributed by atoms with van der Waals surface area (Å²) in [6.07, 6.45) is 1.69. The van der Waals surface area contributed by atoms with E-state index < -0.39 is 0 Å². The lowest BCUT2D eigenvalue weighted by atomic mass is 9.74. The van der Waals surface area contributed by atoms with Crippen molar-refractivity contribution >= 4 is 5.78 Å². The van der Waals surface area contributed by atoms with Crippen LogP contribution in [0.1, 0.15) is 68.2 Å². The van der Waals surface area contributed by atoms with Crippen molar-refractivity contribution in [3.63, 3.8) is 0 Å². The van der Waals surface area contributed by atoms with Gasteiger partial charge >= 0.3 is 0 Å². The van der Waals surface area contributed by atoms with Gasteiger partial charge in [0.25, 0.3) is 0 Å². The van der Waals surface area contributed by atoms with Crippen molar-refractivity contribution in [2.75, 3.05) is 0 Å². The highest BCUT2D eigenvalue weighted by Crippen LogP contribution is 2.29. The second-order valence-electron chi connectivity index (χ2n) is 6.74. The summed E-state index contributed by atoms with van der Waals surface area (Å²) in [6, 6.07) is 0. The second kappa shape index (κ2) is 4.87. The van der Waals surface area contributed by atoms with Gasteiger partial charge in [0.1, 0.15) is 0 Å². The molecule has 0 radical (unpaired) electrons. The van der Waals surface area contributed by atoms with E-state index in [1.807, 2.05) is 20.8 Å². The minimum atomic E-state index is -0.378. The van der Waals surface area contributed by atoms with Crippen molar-refractivity contribution in [3.05, 3.63) is 0 Å². The fraction of sp³-hybridized carbons (Fsp3) is 0.929. The summed E-state index contributed by atoms with van der Waals surface area (Å²) >= 11 is 0. The van der Waals surface area contributed by atoms with Gasteiger partial charge in [-0.1, -0.05) is 34.6 Å². The third-order valence-electron chi connectivity index (χ3n) is 2.94. The van der Waals surface area contributed by atoms with Gasteiger partial charge in [-0.05, 0) is 33.6 Å². The molecule has 0 bridgehead atoms. The van der Waals surface area contributed by atoms with Crippen LogP contribution in [0, 0.1) is 5.41 Å². The molecule has 0 spiro atoms. The van der Waals surface area contributed by atoms with Gasteiger partial charge < -0.3 is 5.32 Å². The van der Waals surface area contributed by atoms with E-state index in [-0.39, 0.29) is 16.5 Å². The average Bonchev–Trinajstić information content (AvgIpc) is 2.10. The maximum Gasteiger partial charge on any atom is 0.158 e. The summed E-state index contributed by atoms with van der Waals surface area (Å²) in [6.45, 7) is 16.5. The van der Waals surface area contributed by atoms with E-state index >= 15 is 0 Å². The molecule has 0 rings (SSSR count). The molecule has 0 aliphatic rings. The molecule has 0 aromatic rings. The molecule has 0 aliphatic carbocycles. The molecule has 0 fully saturated rings. The fourth-order valence-electron chi connectivity index (χ4n) is 2.24. The van der Waals surface area contributed by atoms with Gasteiger partial charge in [-0.2, -0.15) is 0 Å². The van der Waals surface area contributed by atoms with Gasteiger partial charge in [0, 0.05) is 11.0 Å². The third-order valence-corrected chi connectivity index (χ3v) is 2.94. The summed E-state index contributed by atoms with van der Waals surface area (Å²) < 4.78 is 0. The Bertz CT molecular complexity index is 238. The first-order valence-electron chi connectivity index (χ1n) is 6.33. The Balaban J connectivity index is 5.19. The Morgan fingerprint density at radius 3 is 1.50 bits per heavy atom. The van der Waals surface area contributed by atoms with Crippen LogP contribution in [-0.4, -0.2) is 16.9 Å². The number of ketones is 1. The van der Waals surface area contributed by atoms with Gasteiger partial charge in [-0.15, -0.1) is 0 Å². The van der Waals surface area contributed by atoms with E-state index in [9.17, 15) is 4.79 Å². The molecule has 2 nitrogen and oxygen atoms in total. The maximum absolute atomic E-state index is 12.6. The summed E-state index contributed by atoms with van der Waals surface area (Å²) in [5.74, 6) is 0.319. The summed E-state index contributed by atoms with van der Waals surface area (Å²) in [5, 5.41) is 3.53. The molecule has 0 aromatic heterocycles. The minimum Gasteiger partial charge on any atom is -0.300 e. The lowest BCUT2D eigenvalue weighted by Gasteiger charge is -2.41. The number of Topliss-reactive ketones (excluding diaryl/α,β-unsaturated/α-hetero) is 1. The predicted octanol–water partition coefficient (Wildman–Crippen LogP) is 3.55. The lowest BCUT2D eigenvalue weighted by molar-refractivity contribution is -0.134. The Morgan fingerprint density at radius 1 is 0.938 bits per heavy atom. The molecule has 1 N–H and O–H groups in total. The van der Waals surface area contributed by atoms with Gasteiger partial charge in [-0.3, -0.25) is 4.79 Å². The standard InChI is InChI=1S/C14H29NO/c1-9-14(10-2,15-13(6,7)8)11(16)12(3,4)5/h15H,9-10H2,1-8H3. The zero-order valence-corrected chi connectivity index (χ0v) is 12.3. The molecule has 0 saturated heterocycles. The van der Waals surface area contributed by atoms with Crippen LogP contribution in [0.15, 0.2) is 0 Å². The Hall–Kier alpha value is -0.370. The molecule has 0 atom stereocenters. The minimum absolute atomic E-state index is 0.0348. The number of carbonyl (C=O) groups excluding carboxylic acids is 1. The van der Waals surface area contributed by atoms with Crippen molar-refractivity contribution < 1.29 is 4.79 Å². The molecular formula is C14H29NO. The van der Waals surface area contributed by atoms with Crippen molar-refractivity contribution in [2.45, 2.75) is 79.3 Å². The zero-order valence-electron chi connectivity index (χ0n) is 12.3. The number of hydrogen-bond acceptors (Lipinski definition) is 2. The van der Waals surface area contributed by atoms with E-state index in [1.165, 1.54) is 0 Å². The number of rotatable bonds is 4. The van der Waals surface area contributed by atoms with Crippen LogP contribution in [0.5, 0.6) is 0 Å². The topological polar surface area (TPSA) is 29.1 Å². The highest BCUT2D eigenvalue weighted by atomic mass is 16.1. The molecule has 16 heavy (non-hydrogen) atoms. The van der Waals surface area contributed by atoms with Crippen LogP contribution in [-0.2, 0) is 4.79 Å². The molecule has 0 aromatic carbocycles. The third kappa shape index (κ3) is 3.89. The highest BCUT2D eigenvalue weighted by Gasteiger charge is 2.42. The van der Waals surface area contributed by atoms with Crippen molar-refractivity contribution in [2.24, 2.45) is 5.41 Å². The first-order chi connectivity index (χ1) is 6.98. The predicted molar refractivity (Wildman–Crippen MR) is 70.7 cm³/mol. The number of nitrogens with one attached hydrogen (secondary N) is 1. The van der Waals surface area contributed by atoms with Crippen molar-refractivity contribution in [3.8, 4) is 0 Å². The molecule has 0 amide bonds. The second-order valence-corrected chi connectivity index (χ2v) is 6.74. The number of carbonyl (C=O) groups is 1. The summed E-state index contributed by atoms with van der Waals surface area (Å²) in [5.41, 5.74) is -0.701. The van der Waals surface area contributed by atoms with Crippen LogP contribution in [0.2, 0.25) is 0 Å². The van der Waals surface area contributed by atoms with Gasteiger partial charge in [-0.25, -0.2) is 0 Å². The van der Waals surface area contributed by atoms with E-state index in [0.29, 0.717) is 5.78 Å². The molecule has 0 unspecified atom stereocenters. The van der Waals surface area contributed by atoms with E-state index in [1.54, 1.807) is 0 Å². The fourth-order valence-corrected chi connectivity index (χ4v) is 2.24. The average molecular weight is 227 g/mol. The molecule has 0 saturated carbocycles. The van der Waals surface area contributed by atoms with Gasteiger partial charge in [0.2, 0.25) is 0 Å². The van der Waals surface area contributed by atoms with Crippen molar-refractivity contribution in [1.82, 2.24) is 5.32 Å².